The van der Waals surface area contributed by atoms with Crippen molar-refractivity contribution in [3.05, 3.63) is 57.3 Å². The van der Waals surface area contributed by atoms with Crippen molar-refractivity contribution < 1.29 is 23.5 Å². The Morgan fingerprint density at radius 2 is 1.84 bits per heavy atom. The van der Waals surface area contributed by atoms with E-state index >= 15 is 0 Å². The highest BCUT2D eigenvalue weighted by Gasteiger charge is 2.44. The Balaban J connectivity index is 1.06. The molecule has 0 amide bonds. The van der Waals surface area contributed by atoms with Gasteiger partial charge in [-0.25, -0.2) is 9.78 Å². The van der Waals surface area contributed by atoms with Crippen LogP contribution in [0.15, 0.2) is 34.9 Å². The third-order valence-corrected chi connectivity index (χ3v) is 10.6. The minimum absolute atomic E-state index is 0.0498. The maximum Gasteiger partial charge on any atom is 0.338 e. The molecule has 3 fully saturated rings. The van der Waals surface area contributed by atoms with Gasteiger partial charge in [-0.1, -0.05) is 45.8 Å². The van der Waals surface area contributed by atoms with E-state index in [1.54, 1.807) is 17.4 Å². The number of ether oxygens (including phenoxy) is 3. The standard InChI is InChI=1S/C33H35Cl2N3O5S/c1-16(2)42-25-13-20(32(39)40-3)14-26-30(25)37-33(44-26)36-28-18-9-10-19(28)12-21(11-18)41-15-22-29(38-43-31(22)17-7-8-17)27-23(34)5-4-6-24(27)35/h4-6,13-14,16-19,21,28H,7-12,15H2,1-3H3,(H,36,37)/t18-,19+,21+,28+. The Kier molecular flexibility index (Phi) is 8.24. The van der Waals surface area contributed by atoms with Gasteiger partial charge in [-0.15, -0.1) is 0 Å². The lowest BCUT2D eigenvalue weighted by atomic mass is 9.82. The number of methoxy groups -OCH3 is 1. The molecule has 2 aromatic carbocycles. The van der Waals surface area contributed by atoms with Crippen LogP contribution in [0.1, 0.15) is 80.0 Å². The SMILES string of the molecule is COC(=O)c1cc(OC(C)C)c2nc(N[C@H]3[C@@H]4CC[C@H]3C[C@@H](OCc3c(-c5c(Cl)cccc5Cl)noc3C3CC3)C4)sc2c1. The summed E-state index contributed by atoms with van der Waals surface area (Å²) < 4.78 is 24.4. The zero-order chi connectivity index (χ0) is 30.5. The highest BCUT2D eigenvalue weighted by atomic mass is 35.5. The monoisotopic (exact) mass is 655 g/mol. The third kappa shape index (κ3) is 5.80. The lowest BCUT2D eigenvalue weighted by Crippen LogP contribution is -2.39. The summed E-state index contributed by atoms with van der Waals surface area (Å²) >= 11 is 14.7. The van der Waals surface area contributed by atoms with Gasteiger partial charge in [0.05, 0.1) is 46.2 Å². The van der Waals surface area contributed by atoms with Gasteiger partial charge in [0.25, 0.3) is 0 Å². The smallest absolute Gasteiger partial charge is 0.338 e. The summed E-state index contributed by atoms with van der Waals surface area (Å²) in [7, 11) is 1.39. The molecule has 2 aromatic heterocycles. The van der Waals surface area contributed by atoms with Gasteiger partial charge in [0.1, 0.15) is 22.7 Å². The van der Waals surface area contributed by atoms with Gasteiger partial charge in [0.15, 0.2) is 5.13 Å². The van der Waals surface area contributed by atoms with Crippen molar-refractivity contribution in [1.29, 1.82) is 0 Å². The van der Waals surface area contributed by atoms with Crippen LogP contribution >= 0.6 is 34.5 Å². The number of nitrogens with zero attached hydrogens (tertiary/aromatic N) is 2. The summed E-state index contributed by atoms with van der Waals surface area (Å²) in [4.78, 5) is 17.2. The highest BCUT2D eigenvalue weighted by Crippen LogP contribution is 2.48. The van der Waals surface area contributed by atoms with Crippen LogP contribution < -0.4 is 10.1 Å². The van der Waals surface area contributed by atoms with Crippen molar-refractivity contribution in [3.63, 3.8) is 0 Å². The van der Waals surface area contributed by atoms with Crippen LogP contribution in [0.2, 0.25) is 10.0 Å². The van der Waals surface area contributed by atoms with Crippen molar-refractivity contribution in [2.45, 2.75) is 83.1 Å². The van der Waals surface area contributed by atoms with E-state index < -0.39 is 5.97 Å². The number of benzene rings is 2. The molecule has 3 aliphatic carbocycles. The summed E-state index contributed by atoms with van der Waals surface area (Å²) in [5.41, 5.74) is 3.58. The number of hydrogen-bond acceptors (Lipinski definition) is 9. The molecule has 4 aromatic rings. The first-order chi connectivity index (χ1) is 21.3. The van der Waals surface area contributed by atoms with Crippen LogP contribution in [0.25, 0.3) is 21.5 Å². The highest BCUT2D eigenvalue weighted by molar-refractivity contribution is 7.22. The number of carbonyl (C=O) groups excluding carboxylic acids is 1. The van der Waals surface area contributed by atoms with Crippen LogP contribution in [0, 0.1) is 11.8 Å². The number of aromatic nitrogens is 2. The Hall–Kier alpha value is -2.85. The Labute approximate surface area is 270 Å². The second-order valence-corrected chi connectivity index (χ2v) is 14.3. The molecule has 0 radical (unpaired) electrons. The number of carbonyl (C=O) groups is 1. The molecule has 11 heteroatoms. The Morgan fingerprint density at radius 1 is 1.11 bits per heavy atom. The number of esters is 1. The number of anilines is 1. The van der Waals surface area contributed by atoms with Gasteiger partial charge in [0, 0.05) is 23.1 Å². The van der Waals surface area contributed by atoms with E-state index in [0.717, 1.165) is 65.2 Å². The molecule has 4 atom stereocenters. The molecular weight excluding hydrogens is 621 g/mol. The van der Waals surface area contributed by atoms with E-state index in [-0.39, 0.29) is 12.2 Å². The van der Waals surface area contributed by atoms with E-state index in [0.29, 0.717) is 63.0 Å². The molecule has 3 saturated carbocycles. The first kappa shape index (κ1) is 29.8. The van der Waals surface area contributed by atoms with Gasteiger partial charge in [-0.05, 0) is 88.5 Å². The lowest BCUT2D eigenvalue weighted by molar-refractivity contribution is -0.00447. The van der Waals surface area contributed by atoms with E-state index in [4.69, 9.17) is 46.9 Å². The summed E-state index contributed by atoms with van der Waals surface area (Å²) in [5, 5.41) is 10.1. The minimum Gasteiger partial charge on any atom is -0.489 e. The molecule has 3 aliphatic rings. The van der Waals surface area contributed by atoms with Gasteiger partial charge < -0.3 is 24.1 Å². The zero-order valence-corrected chi connectivity index (χ0v) is 27.2. The first-order valence-electron chi connectivity index (χ1n) is 15.3. The average molecular weight is 657 g/mol. The molecule has 0 unspecified atom stereocenters. The van der Waals surface area contributed by atoms with Gasteiger partial charge in [0.2, 0.25) is 0 Å². The fraction of sp³-hybridized carbons (Fsp3) is 0.485. The molecule has 44 heavy (non-hydrogen) atoms. The molecule has 0 spiro atoms. The van der Waals surface area contributed by atoms with E-state index in [2.05, 4.69) is 10.5 Å². The fourth-order valence-electron chi connectivity index (χ4n) is 6.88. The van der Waals surface area contributed by atoms with Gasteiger partial charge >= 0.3 is 5.97 Å². The van der Waals surface area contributed by atoms with Gasteiger partial charge in [-0.3, -0.25) is 0 Å². The second-order valence-electron chi connectivity index (χ2n) is 12.4. The molecule has 8 nitrogen and oxygen atoms in total. The molecule has 1 N–H and O–H groups in total. The summed E-state index contributed by atoms with van der Waals surface area (Å²) in [6, 6.07) is 9.36. The zero-order valence-electron chi connectivity index (χ0n) is 24.9. The van der Waals surface area contributed by atoms with Crippen molar-refractivity contribution in [1.82, 2.24) is 10.1 Å². The van der Waals surface area contributed by atoms with Crippen LogP contribution in [-0.4, -0.2) is 41.5 Å². The van der Waals surface area contributed by atoms with Crippen molar-refractivity contribution in [2.24, 2.45) is 11.8 Å². The number of halogens is 2. The van der Waals surface area contributed by atoms with Crippen molar-refractivity contribution in [3.8, 4) is 17.0 Å². The predicted octanol–water partition coefficient (Wildman–Crippen LogP) is 8.90. The number of hydrogen-bond donors (Lipinski definition) is 1. The molecule has 232 valence electrons. The maximum atomic E-state index is 12.3. The average Bonchev–Trinajstić information content (AvgIpc) is 3.56. The van der Waals surface area contributed by atoms with Crippen LogP contribution in [0.5, 0.6) is 5.75 Å². The largest absolute Gasteiger partial charge is 0.489 e. The number of thiazole rings is 1. The lowest BCUT2D eigenvalue weighted by Gasteiger charge is -2.35. The van der Waals surface area contributed by atoms with Gasteiger partial charge in [-0.2, -0.15) is 0 Å². The van der Waals surface area contributed by atoms with Crippen LogP contribution in [-0.2, 0) is 16.1 Å². The second kappa shape index (κ2) is 12.2. The molecular formula is C33H35Cl2N3O5S. The molecule has 0 saturated heterocycles. The summed E-state index contributed by atoms with van der Waals surface area (Å²) in [5.74, 6) is 2.45. The first-order valence-corrected chi connectivity index (χ1v) is 16.9. The predicted molar refractivity (Wildman–Crippen MR) is 172 cm³/mol. The molecule has 2 heterocycles. The molecule has 7 rings (SSSR count). The van der Waals surface area contributed by atoms with Crippen LogP contribution in [0.4, 0.5) is 5.13 Å². The summed E-state index contributed by atoms with van der Waals surface area (Å²) in [6.45, 7) is 4.35. The minimum atomic E-state index is -0.391. The number of fused-ring (bicyclic) bond motifs is 3. The maximum absolute atomic E-state index is 12.3. The Bertz CT molecular complexity index is 1670. The fourth-order valence-corrected chi connectivity index (χ4v) is 8.42. The van der Waals surface area contributed by atoms with E-state index in [1.165, 1.54) is 7.11 Å². The van der Waals surface area contributed by atoms with E-state index in [1.807, 2.05) is 38.1 Å². The third-order valence-electron chi connectivity index (χ3n) is 9.02. The van der Waals surface area contributed by atoms with Crippen LogP contribution in [0.3, 0.4) is 0 Å². The normalized spacial score (nSPS) is 23.0. The van der Waals surface area contributed by atoms with Crippen molar-refractivity contribution in [2.75, 3.05) is 12.4 Å². The number of nitrogens with one attached hydrogen (secondary N) is 1. The molecule has 2 bridgehead atoms. The molecule has 0 aliphatic heterocycles. The summed E-state index contributed by atoms with van der Waals surface area (Å²) in [6.07, 6.45) is 6.54. The van der Waals surface area contributed by atoms with Crippen molar-refractivity contribution >= 4 is 55.9 Å². The quantitative estimate of drug-likeness (QED) is 0.169. The Morgan fingerprint density at radius 3 is 2.50 bits per heavy atom. The topological polar surface area (TPSA) is 95.7 Å². The number of rotatable bonds is 10. The van der Waals surface area contributed by atoms with E-state index in [9.17, 15) is 4.79 Å².